The Labute approximate surface area is 82.5 Å². The number of halogens is 3. The zero-order valence-electron chi connectivity index (χ0n) is 7.32. The van der Waals surface area contributed by atoms with Crippen molar-refractivity contribution in [3.63, 3.8) is 0 Å². The minimum Gasteiger partial charge on any atom is -0.480 e. The molecule has 0 amide bonds. The topological polar surface area (TPSA) is 76.2 Å². The number of nitrogens with zero attached hydrogens (tertiary/aromatic N) is 1. The zero-order chi connectivity index (χ0) is 11.6. The lowest BCUT2D eigenvalue weighted by Crippen LogP contribution is -2.22. The van der Waals surface area contributed by atoms with Crippen LogP contribution in [0.2, 0.25) is 0 Å². The van der Waals surface area contributed by atoms with Crippen LogP contribution in [0.4, 0.5) is 13.2 Å². The van der Waals surface area contributed by atoms with Crippen LogP contribution in [0, 0.1) is 0 Å². The highest BCUT2D eigenvalue weighted by Gasteiger charge is 2.31. The average Bonchev–Trinajstić information content (AvgIpc) is 2.15. The van der Waals surface area contributed by atoms with Crippen molar-refractivity contribution in [2.75, 3.05) is 0 Å². The van der Waals surface area contributed by atoms with E-state index in [1.165, 1.54) is 0 Å². The second-order valence-corrected chi connectivity index (χ2v) is 2.79. The number of aliphatic carboxylic acids is 1. The molecular weight excluding hydrogens is 213 g/mol. The van der Waals surface area contributed by atoms with Crippen molar-refractivity contribution >= 4 is 5.97 Å². The molecule has 82 valence electrons. The van der Waals surface area contributed by atoms with Crippen molar-refractivity contribution in [3.8, 4) is 0 Å². The van der Waals surface area contributed by atoms with Gasteiger partial charge in [-0.15, -0.1) is 0 Å². The summed E-state index contributed by atoms with van der Waals surface area (Å²) in [5, 5.41) is 8.48. The molecule has 1 aromatic rings. The molecule has 0 aliphatic rings. The van der Waals surface area contributed by atoms with Gasteiger partial charge >= 0.3 is 12.1 Å². The summed E-state index contributed by atoms with van der Waals surface area (Å²) in [5.41, 5.74) is 4.10. The van der Waals surface area contributed by atoms with Crippen LogP contribution >= 0.6 is 0 Å². The molecule has 0 aliphatic heterocycles. The van der Waals surface area contributed by atoms with E-state index >= 15 is 0 Å². The van der Waals surface area contributed by atoms with Crippen LogP contribution in [0.25, 0.3) is 0 Å². The normalized spacial score (nSPS) is 13.6. The molecule has 1 unspecified atom stereocenters. The first-order valence-electron chi connectivity index (χ1n) is 3.84. The van der Waals surface area contributed by atoms with Crippen molar-refractivity contribution in [2.45, 2.75) is 12.2 Å². The van der Waals surface area contributed by atoms with Gasteiger partial charge in [-0.1, -0.05) is 0 Å². The van der Waals surface area contributed by atoms with Crippen molar-refractivity contribution in [1.29, 1.82) is 0 Å². The van der Waals surface area contributed by atoms with Gasteiger partial charge in [-0.2, -0.15) is 13.2 Å². The van der Waals surface area contributed by atoms with E-state index in [9.17, 15) is 18.0 Å². The first-order chi connectivity index (χ1) is 6.82. The average molecular weight is 220 g/mol. The van der Waals surface area contributed by atoms with Crippen LogP contribution in [-0.4, -0.2) is 16.1 Å². The lowest BCUT2D eigenvalue weighted by Gasteiger charge is -2.08. The van der Waals surface area contributed by atoms with Crippen molar-refractivity contribution in [1.82, 2.24) is 4.98 Å². The first-order valence-corrected chi connectivity index (χ1v) is 3.84. The number of alkyl halides is 3. The minimum atomic E-state index is -4.49. The Kier molecular flexibility index (Phi) is 2.94. The van der Waals surface area contributed by atoms with Gasteiger partial charge in [0, 0.05) is 6.20 Å². The third kappa shape index (κ3) is 2.66. The molecule has 1 heterocycles. The molecule has 1 rings (SSSR count). The van der Waals surface area contributed by atoms with Gasteiger partial charge in [0.05, 0.1) is 11.3 Å². The van der Waals surface area contributed by atoms with Crippen LogP contribution in [0.5, 0.6) is 0 Å². The highest BCUT2D eigenvalue weighted by atomic mass is 19.4. The SMILES string of the molecule is NC(C(=O)O)c1ccc(C(F)(F)F)cn1. The van der Waals surface area contributed by atoms with Crippen LogP contribution < -0.4 is 5.73 Å². The predicted molar refractivity (Wildman–Crippen MR) is 43.8 cm³/mol. The van der Waals surface area contributed by atoms with Gasteiger partial charge in [0.1, 0.15) is 6.04 Å². The quantitative estimate of drug-likeness (QED) is 0.784. The van der Waals surface area contributed by atoms with Crippen molar-refractivity contribution < 1.29 is 23.1 Å². The van der Waals surface area contributed by atoms with Gasteiger partial charge in [0.15, 0.2) is 0 Å². The summed E-state index contributed by atoms with van der Waals surface area (Å²) in [6, 6.07) is 0.277. The lowest BCUT2D eigenvalue weighted by atomic mass is 10.1. The van der Waals surface area contributed by atoms with E-state index < -0.39 is 23.8 Å². The maximum Gasteiger partial charge on any atom is 0.417 e. The molecule has 0 spiro atoms. The summed E-state index contributed by atoms with van der Waals surface area (Å²) in [4.78, 5) is 13.7. The fourth-order valence-corrected chi connectivity index (χ4v) is 0.883. The molecule has 0 saturated heterocycles. The standard InChI is InChI=1S/C8H7F3N2O2/c9-8(10,11)4-1-2-5(13-3-4)6(12)7(14)15/h1-3,6H,12H2,(H,14,15). The Morgan fingerprint density at radius 3 is 2.40 bits per heavy atom. The molecule has 0 aliphatic carbocycles. The summed E-state index contributed by atoms with van der Waals surface area (Å²) in [6.07, 6.45) is -3.93. The number of aromatic nitrogens is 1. The molecule has 0 radical (unpaired) electrons. The summed E-state index contributed by atoms with van der Waals surface area (Å²) < 4.78 is 36.3. The molecular formula is C8H7F3N2O2. The Hall–Kier alpha value is -1.63. The van der Waals surface area contributed by atoms with Crippen LogP contribution in [0.15, 0.2) is 18.3 Å². The van der Waals surface area contributed by atoms with Gasteiger partial charge in [0.25, 0.3) is 0 Å². The monoisotopic (exact) mass is 220 g/mol. The number of rotatable bonds is 2. The molecule has 1 atom stereocenters. The van der Waals surface area contributed by atoms with Crippen LogP contribution in [-0.2, 0) is 11.0 Å². The number of hydrogen-bond donors (Lipinski definition) is 2. The number of pyridine rings is 1. The smallest absolute Gasteiger partial charge is 0.417 e. The van der Waals surface area contributed by atoms with Crippen molar-refractivity contribution in [3.05, 3.63) is 29.6 Å². The fraction of sp³-hybridized carbons (Fsp3) is 0.250. The summed E-state index contributed by atoms with van der Waals surface area (Å²) >= 11 is 0. The van der Waals surface area contributed by atoms with Gasteiger partial charge in [0.2, 0.25) is 0 Å². The molecule has 15 heavy (non-hydrogen) atoms. The molecule has 7 heteroatoms. The second-order valence-electron chi connectivity index (χ2n) is 2.79. The maximum absolute atomic E-state index is 12.1. The van der Waals surface area contributed by atoms with E-state index in [1.54, 1.807) is 0 Å². The van der Waals surface area contributed by atoms with Gasteiger partial charge in [-0.3, -0.25) is 9.78 Å². The van der Waals surface area contributed by atoms with Crippen LogP contribution in [0.3, 0.4) is 0 Å². The summed E-state index contributed by atoms with van der Waals surface area (Å²) in [7, 11) is 0. The molecule has 0 bridgehead atoms. The number of carboxylic acid groups (broad SMARTS) is 1. The first kappa shape index (κ1) is 11.4. The minimum absolute atomic E-state index is 0.115. The predicted octanol–water partition coefficient (Wildman–Crippen LogP) is 1.18. The number of carbonyl (C=O) groups is 1. The Morgan fingerprint density at radius 2 is 2.07 bits per heavy atom. The number of carboxylic acids is 1. The van der Waals surface area contributed by atoms with E-state index in [0.717, 1.165) is 12.1 Å². The summed E-state index contributed by atoms with van der Waals surface area (Å²) in [6.45, 7) is 0. The van der Waals surface area contributed by atoms with E-state index in [4.69, 9.17) is 10.8 Å². The highest BCUT2D eigenvalue weighted by molar-refractivity contribution is 5.74. The van der Waals surface area contributed by atoms with Gasteiger partial charge in [-0.05, 0) is 12.1 Å². The number of nitrogens with two attached hydrogens (primary N) is 1. The zero-order valence-corrected chi connectivity index (χ0v) is 7.32. The van der Waals surface area contributed by atoms with Gasteiger partial charge in [-0.25, -0.2) is 0 Å². The molecule has 1 aromatic heterocycles. The molecule has 0 saturated carbocycles. The summed E-state index contributed by atoms with van der Waals surface area (Å²) in [5.74, 6) is -1.35. The molecule has 0 aromatic carbocycles. The molecule has 0 fully saturated rings. The van der Waals surface area contributed by atoms with E-state index in [1.807, 2.05) is 0 Å². The van der Waals surface area contributed by atoms with E-state index in [2.05, 4.69) is 4.98 Å². The lowest BCUT2D eigenvalue weighted by molar-refractivity contribution is -0.138. The Morgan fingerprint density at radius 1 is 1.47 bits per heavy atom. The largest absolute Gasteiger partial charge is 0.480 e. The molecule has 3 N–H and O–H groups in total. The van der Waals surface area contributed by atoms with Gasteiger partial charge < -0.3 is 10.8 Å². The number of hydrogen-bond acceptors (Lipinski definition) is 3. The maximum atomic E-state index is 12.1. The second kappa shape index (κ2) is 3.85. The fourth-order valence-electron chi connectivity index (χ4n) is 0.883. The van der Waals surface area contributed by atoms with Crippen molar-refractivity contribution in [2.24, 2.45) is 5.73 Å². The third-order valence-electron chi connectivity index (χ3n) is 1.70. The van der Waals surface area contributed by atoms with E-state index in [-0.39, 0.29) is 5.69 Å². The Balaban J connectivity index is 2.95. The van der Waals surface area contributed by atoms with E-state index in [0.29, 0.717) is 6.20 Å². The third-order valence-corrected chi connectivity index (χ3v) is 1.70. The highest BCUT2D eigenvalue weighted by Crippen LogP contribution is 2.28. The molecule has 4 nitrogen and oxygen atoms in total. The van der Waals surface area contributed by atoms with Crippen LogP contribution in [0.1, 0.15) is 17.3 Å². The Bertz CT molecular complexity index is 361.